The molecular weight excluding hydrogens is 537 g/mol. The van der Waals surface area contributed by atoms with E-state index in [-0.39, 0.29) is 16.8 Å². The summed E-state index contributed by atoms with van der Waals surface area (Å²) in [6.07, 6.45) is 0.964. The summed E-state index contributed by atoms with van der Waals surface area (Å²) in [5.74, 6) is -0.301. The molecule has 1 heterocycles. The van der Waals surface area contributed by atoms with Gasteiger partial charge in [-0.3, -0.25) is 9.59 Å². The predicted molar refractivity (Wildman–Crippen MR) is 145 cm³/mol. The Morgan fingerprint density at radius 3 is 2.49 bits per heavy atom. The first-order valence-corrected chi connectivity index (χ1v) is 13.0. The van der Waals surface area contributed by atoms with Crippen LogP contribution in [0.15, 0.2) is 48.5 Å². The Balaban J connectivity index is 1.39. The van der Waals surface area contributed by atoms with Crippen LogP contribution in [0.4, 0.5) is 0 Å². The lowest BCUT2D eigenvalue weighted by Gasteiger charge is -2.24. The monoisotopic (exact) mass is 561 g/mol. The van der Waals surface area contributed by atoms with Crippen molar-refractivity contribution >= 4 is 46.7 Å². The molecule has 1 amide bonds. The van der Waals surface area contributed by atoms with Crippen LogP contribution in [0.25, 0.3) is 0 Å². The number of aliphatic carboxylic acids is 1. The van der Waals surface area contributed by atoms with Gasteiger partial charge in [-0.25, -0.2) is 0 Å². The molecule has 0 bridgehead atoms. The van der Waals surface area contributed by atoms with Crippen molar-refractivity contribution in [3.05, 3.63) is 85.9 Å². The van der Waals surface area contributed by atoms with Crippen molar-refractivity contribution in [3.8, 4) is 17.2 Å². The second-order valence-electron chi connectivity index (χ2n) is 9.09. The molecule has 0 spiro atoms. The van der Waals surface area contributed by atoms with E-state index in [0.29, 0.717) is 64.4 Å². The van der Waals surface area contributed by atoms with Crippen molar-refractivity contribution in [2.24, 2.45) is 0 Å². The van der Waals surface area contributed by atoms with Crippen LogP contribution in [0.3, 0.4) is 0 Å². The van der Waals surface area contributed by atoms with E-state index in [9.17, 15) is 14.7 Å². The third-order valence-corrected chi connectivity index (χ3v) is 7.07. The maximum absolute atomic E-state index is 12.7. The zero-order valence-corrected chi connectivity index (χ0v) is 22.6. The minimum Gasteiger partial charge on any atom is -0.493 e. The van der Waals surface area contributed by atoms with E-state index < -0.39 is 11.9 Å². The lowest BCUT2D eigenvalue weighted by Crippen LogP contribution is -2.26. The highest BCUT2D eigenvalue weighted by Crippen LogP contribution is 2.42. The Hall–Kier alpha value is -2.93. The standard InChI is InChI=1S/C28H26Cl3NO5/c1-15(2)21-11-17(29)12-23(30)19(21)7-9-32-27(33)16-3-5-18(6-4-16)37-26-14-25-22(13-24(26)31)20(28(34)35)8-10-36-25/h3-6,11-15,20H,7-10H2,1-2H3,(H,32,33)(H,34,35). The van der Waals surface area contributed by atoms with Crippen molar-refractivity contribution < 1.29 is 24.2 Å². The Morgan fingerprint density at radius 2 is 1.81 bits per heavy atom. The molecule has 0 saturated heterocycles. The summed E-state index contributed by atoms with van der Waals surface area (Å²) in [5, 5.41) is 13.8. The predicted octanol–water partition coefficient (Wildman–Crippen LogP) is 7.49. The van der Waals surface area contributed by atoms with Gasteiger partial charge in [0.25, 0.3) is 5.91 Å². The summed E-state index contributed by atoms with van der Waals surface area (Å²) in [4.78, 5) is 24.2. The van der Waals surface area contributed by atoms with Crippen LogP contribution < -0.4 is 14.8 Å². The molecule has 0 aliphatic carbocycles. The lowest BCUT2D eigenvalue weighted by molar-refractivity contribution is -0.139. The third-order valence-electron chi connectivity index (χ3n) is 6.22. The van der Waals surface area contributed by atoms with E-state index in [1.165, 1.54) is 0 Å². The number of ether oxygens (including phenoxy) is 2. The average Bonchev–Trinajstić information content (AvgIpc) is 2.85. The van der Waals surface area contributed by atoms with Crippen LogP contribution in [-0.2, 0) is 11.2 Å². The topological polar surface area (TPSA) is 84.9 Å². The molecule has 0 fully saturated rings. The molecule has 0 radical (unpaired) electrons. The molecule has 4 rings (SSSR count). The number of hydrogen-bond acceptors (Lipinski definition) is 4. The largest absolute Gasteiger partial charge is 0.493 e. The molecule has 194 valence electrons. The first-order valence-electron chi connectivity index (χ1n) is 11.9. The Morgan fingerprint density at radius 1 is 1.08 bits per heavy atom. The molecule has 0 saturated carbocycles. The lowest BCUT2D eigenvalue weighted by atomic mass is 9.93. The quantitative estimate of drug-likeness (QED) is 0.297. The molecule has 1 unspecified atom stereocenters. The van der Waals surface area contributed by atoms with E-state index >= 15 is 0 Å². The van der Waals surface area contributed by atoms with Crippen LogP contribution in [0.5, 0.6) is 17.2 Å². The number of carbonyl (C=O) groups excluding carboxylic acids is 1. The molecule has 1 aliphatic rings. The van der Waals surface area contributed by atoms with Gasteiger partial charge < -0.3 is 19.9 Å². The first-order chi connectivity index (χ1) is 17.6. The molecule has 2 N–H and O–H groups in total. The van der Waals surface area contributed by atoms with E-state index in [2.05, 4.69) is 19.2 Å². The summed E-state index contributed by atoms with van der Waals surface area (Å²) >= 11 is 18.9. The van der Waals surface area contributed by atoms with Crippen LogP contribution in [0.1, 0.15) is 59.2 Å². The van der Waals surface area contributed by atoms with Crippen LogP contribution in [0.2, 0.25) is 15.1 Å². The zero-order chi connectivity index (χ0) is 26.7. The second-order valence-corrected chi connectivity index (χ2v) is 10.3. The fraction of sp³-hybridized carbons (Fsp3) is 0.286. The maximum atomic E-state index is 12.7. The summed E-state index contributed by atoms with van der Waals surface area (Å²) in [5.41, 5.74) is 3.05. The number of nitrogens with one attached hydrogen (secondary N) is 1. The van der Waals surface area contributed by atoms with E-state index in [1.54, 1.807) is 42.5 Å². The molecule has 1 atom stereocenters. The smallest absolute Gasteiger partial charge is 0.311 e. The Kier molecular flexibility index (Phi) is 8.53. The van der Waals surface area contributed by atoms with Crippen LogP contribution >= 0.6 is 34.8 Å². The number of amides is 1. The van der Waals surface area contributed by atoms with Crippen molar-refractivity contribution in [2.75, 3.05) is 13.2 Å². The first kappa shape index (κ1) is 27.1. The van der Waals surface area contributed by atoms with Crippen LogP contribution in [-0.4, -0.2) is 30.1 Å². The number of rotatable bonds is 8. The number of carbonyl (C=O) groups is 2. The minimum absolute atomic E-state index is 0.220. The fourth-order valence-electron chi connectivity index (χ4n) is 4.33. The fourth-order valence-corrected chi connectivity index (χ4v) is 5.15. The van der Waals surface area contributed by atoms with E-state index in [4.69, 9.17) is 44.3 Å². The van der Waals surface area contributed by atoms with Gasteiger partial charge in [-0.2, -0.15) is 0 Å². The van der Waals surface area contributed by atoms with Gasteiger partial charge in [0.15, 0.2) is 0 Å². The molecule has 3 aromatic carbocycles. The third kappa shape index (κ3) is 6.32. The SMILES string of the molecule is CC(C)c1cc(Cl)cc(Cl)c1CCNC(=O)c1ccc(Oc2cc3c(cc2Cl)C(C(=O)O)CCO3)cc1. The molecule has 9 heteroatoms. The Bertz CT molecular complexity index is 1320. The number of benzene rings is 3. The molecular formula is C28H26Cl3NO5. The maximum Gasteiger partial charge on any atom is 0.311 e. The second kappa shape index (κ2) is 11.6. The molecule has 37 heavy (non-hydrogen) atoms. The highest BCUT2D eigenvalue weighted by molar-refractivity contribution is 6.35. The van der Waals surface area contributed by atoms with E-state index in [1.807, 2.05) is 6.07 Å². The normalized spacial score (nSPS) is 14.6. The van der Waals surface area contributed by atoms with Crippen molar-refractivity contribution in [3.63, 3.8) is 0 Å². The number of carboxylic acids is 1. The van der Waals surface area contributed by atoms with Crippen molar-refractivity contribution in [1.29, 1.82) is 0 Å². The number of hydrogen-bond donors (Lipinski definition) is 2. The van der Waals surface area contributed by atoms with Gasteiger partial charge in [0.2, 0.25) is 0 Å². The molecule has 3 aromatic rings. The van der Waals surface area contributed by atoms with Gasteiger partial charge in [0, 0.05) is 33.8 Å². The van der Waals surface area contributed by atoms with Gasteiger partial charge >= 0.3 is 5.97 Å². The highest BCUT2D eigenvalue weighted by atomic mass is 35.5. The summed E-state index contributed by atoms with van der Waals surface area (Å²) in [6.45, 7) is 4.87. The summed E-state index contributed by atoms with van der Waals surface area (Å²) in [6, 6.07) is 13.4. The van der Waals surface area contributed by atoms with Gasteiger partial charge in [0.05, 0.1) is 17.5 Å². The number of halogens is 3. The number of carboxylic acid groups (broad SMARTS) is 1. The molecule has 1 aliphatic heterocycles. The van der Waals surface area contributed by atoms with Crippen LogP contribution in [0, 0.1) is 0 Å². The van der Waals surface area contributed by atoms with Gasteiger partial charge in [0.1, 0.15) is 17.2 Å². The minimum atomic E-state index is -0.917. The van der Waals surface area contributed by atoms with Gasteiger partial charge in [-0.1, -0.05) is 48.7 Å². The van der Waals surface area contributed by atoms with Gasteiger partial charge in [-0.05, 0) is 72.4 Å². The van der Waals surface area contributed by atoms with Gasteiger partial charge in [-0.15, -0.1) is 0 Å². The molecule has 0 aromatic heterocycles. The average molecular weight is 563 g/mol. The van der Waals surface area contributed by atoms with Crippen molar-refractivity contribution in [1.82, 2.24) is 5.32 Å². The summed E-state index contributed by atoms with van der Waals surface area (Å²) in [7, 11) is 0. The molecule has 6 nitrogen and oxygen atoms in total. The number of fused-ring (bicyclic) bond motifs is 1. The van der Waals surface area contributed by atoms with Crippen molar-refractivity contribution in [2.45, 2.75) is 38.5 Å². The summed E-state index contributed by atoms with van der Waals surface area (Å²) < 4.78 is 11.5. The van der Waals surface area contributed by atoms with E-state index in [0.717, 1.165) is 11.1 Å². The highest BCUT2D eigenvalue weighted by Gasteiger charge is 2.29. The Labute approximate surface area is 230 Å². The zero-order valence-electron chi connectivity index (χ0n) is 20.3.